The van der Waals surface area contributed by atoms with Gasteiger partial charge in [-0.05, 0) is 118 Å². The van der Waals surface area contributed by atoms with Crippen LogP contribution in [0.3, 0.4) is 0 Å². The fraction of sp³-hybridized carbons (Fsp3) is 0.341. The highest BCUT2D eigenvalue weighted by Crippen LogP contribution is 2.50. The number of carbonyl (C=O) groups excluding carboxylic acids is 5. The lowest BCUT2D eigenvalue weighted by Crippen LogP contribution is -2.55. The van der Waals surface area contributed by atoms with Gasteiger partial charge in [0.15, 0.2) is 52.4 Å². The number of amides is 5. The van der Waals surface area contributed by atoms with Gasteiger partial charge in [0.1, 0.15) is 114 Å². The number of hydrogen-bond donors (Lipinski definition) is 11. The average molecular weight is 2160 g/mol. The van der Waals surface area contributed by atoms with Gasteiger partial charge in [-0.2, -0.15) is 77.6 Å². The number of halogens is 21. The fourth-order valence-electron chi connectivity index (χ4n) is 17.3. The molecule has 11 N–H and O–H groups in total. The first-order valence-corrected chi connectivity index (χ1v) is 47.3. The highest BCUT2D eigenvalue weighted by atomic mass is 35.5. The number of piperidine rings is 1. The number of aromatic amines is 5. The van der Waals surface area contributed by atoms with Crippen molar-refractivity contribution in [2.24, 2.45) is 5.92 Å². The molecule has 5 amide bonds. The minimum absolute atomic E-state index is 0.105. The Bertz CT molecular complexity index is 7200. The molecule has 15 aromatic rings. The van der Waals surface area contributed by atoms with E-state index in [0.29, 0.717) is 151 Å². The number of aromatic nitrogens is 20. The zero-order chi connectivity index (χ0) is 106. The number of carbonyl (C=O) groups is 5. The first kappa shape index (κ1) is 106. The van der Waals surface area contributed by atoms with E-state index in [1.54, 1.807) is 92.2 Å². The Morgan fingerprint density at radius 1 is 0.453 bits per heavy atom. The van der Waals surface area contributed by atoms with Crippen molar-refractivity contribution in [3.63, 3.8) is 0 Å². The molecule has 1 saturated carbocycles. The van der Waals surface area contributed by atoms with Gasteiger partial charge in [0.05, 0.1) is 34.0 Å². The van der Waals surface area contributed by atoms with Crippen molar-refractivity contribution in [1.29, 1.82) is 0 Å². The maximum Gasteiger partial charge on any atom is 0.405 e. The largest absolute Gasteiger partial charge is 0.405 e. The molecule has 778 valence electrons. The van der Waals surface area contributed by atoms with Crippen LogP contribution in [0, 0.1) is 17.6 Å². The van der Waals surface area contributed by atoms with Crippen molar-refractivity contribution in [1.82, 2.24) is 126 Å². The number of rotatable bonds is 23. The number of pyridine rings is 5. The Labute approximate surface area is 842 Å². The molecule has 8 atom stereocenters. The van der Waals surface area contributed by atoms with E-state index >= 15 is 0 Å². The Morgan fingerprint density at radius 2 is 0.838 bits per heavy atom. The predicted octanol–water partition coefficient (Wildman–Crippen LogP) is 16.1. The van der Waals surface area contributed by atoms with Crippen LogP contribution < -0.4 is 51.5 Å². The van der Waals surface area contributed by atoms with E-state index in [0.717, 1.165) is 40.4 Å². The summed E-state index contributed by atoms with van der Waals surface area (Å²) >= 11 is 19.4. The van der Waals surface area contributed by atoms with E-state index in [2.05, 4.69) is 105 Å². The topological polar surface area (TPSA) is 443 Å². The SMILES string of the molecule is CSC[C@H](Nc1ccnc(-c2c[nH]c3ncc(Cl)cc23)n1)C(=O)NCC(F)(F)F.C[C@]1(C(=O)NCC(F)(F)F)C[C@H](F)CN1c1ccnc(-c2c[nH]c3ncc(Cl)cc23)n1.O=C(NCC(F)(F)F)[C@@H]1CCCN1c1nc(-c2c[nH]c3ncccc23)ncc1F.O=C(NCC(F)(F)F)[C@H]1CCCN1c1nc(-c2c[nH]c3ncccc23)ncc1F.O=C(NCC(F)(F)F)[C@H]1C[C@H]2C[C@H]2N1c1ccnc(-c2c[nH]c3ncc(Cl)cc23)n1. The van der Waals surface area contributed by atoms with Gasteiger partial charge in [-0.1, -0.05) is 34.8 Å². The third kappa shape index (κ3) is 25.5. The van der Waals surface area contributed by atoms with Crippen molar-refractivity contribution < 1.29 is 103 Å². The molecule has 1 aliphatic carbocycles. The van der Waals surface area contributed by atoms with Crippen LogP contribution >= 0.6 is 46.6 Å². The Balaban J connectivity index is 0.000000132. The predicted molar refractivity (Wildman–Crippen MR) is 510 cm³/mol. The molecule has 0 spiro atoms. The van der Waals surface area contributed by atoms with Crippen LogP contribution in [0.4, 0.5) is 108 Å². The summed E-state index contributed by atoms with van der Waals surface area (Å²) in [6, 6.07) is 13.6. The normalized spacial score (nSPS) is 18.4. The summed E-state index contributed by atoms with van der Waals surface area (Å²) in [6.45, 7) is -5.29. The molecule has 5 fully saturated rings. The standard InChI is InChI=1S/C19H17ClF4N6O.C19H16ClF3N6O.2C18H16F4N6O.C17H16ClF3N6OS/c1-18(17(31)28-9-19(22,23)24)5-11(21)8-30(18)14-2-3-25-16(29-14)13-7-27-15-12(13)4-10(20)6-26-15;20-10-5-11-12(7-26-16(11)25-6-10)17-24-2-1-15(28-17)29-13-3-9(13)4-14(29)18(30)27-8-19(21,22)23;2*19-12-8-25-15(11-7-24-14-10(11)3-1-5-23-14)27-16(12)28-6-2-4-13(28)17(29)26-9-18(20,21)22;1-29-7-12(16(28)25-8-17(19,20)21)26-13-2-3-22-15(27-13)11-6-24-14-10(11)4-9(18)5-23-14/h2-4,6-7,11H,5,8-9H2,1H3,(H,26,27)(H,28,31);1-2,5-7,9,13-14H,3-4,8H2,(H,25,26)(H,27,30);2*1,3,5,7-8,13H,2,4,6,9H2,(H,23,24)(H,26,29);2-6,12H,7-8H2,1H3,(H,23,24)(H,25,28)(H,22,26,27)/t11-,18+;9-,13-,14-;2*13-;12-/m01100/s1. The molecule has 4 saturated heterocycles. The molecule has 4 aliphatic heterocycles. The van der Waals surface area contributed by atoms with Crippen LogP contribution in [0.5, 0.6) is 0 Å². The number of anilines is 5. The summed E-state index contributed by atoms with van der Waals surface area (Å²) in [5.41, 5.74) is 4.65. The number of fused-ring (bicyclic) bond motifs is 6. The van der Waals surface area contributed by atoms with E-state index in [1.807, 2.05) is 43.6 Å². The number of hydrogen-bond acceptors (Lipinski definition) is 26. The van der Waals surface area contributed by atoms with E-state index in [4.69, 9.17) is 34.8 Å². The van der Waals surface area contributed by atoms with Crippen LogP contribution in [-0.4, -0.2) is 266 Å². The molecule has 19 heterocycles. The van der Waals surface area contributed by atoms with Crippen LogP contribution in [0.1, 0.15) is 51.9 Å². The third-order valence-electron chi connectivity index (χ3n) is 23.9. The van der Waals surface area contributed by atoms with Crippen molar-refractivity contribution in [3.8, 4) is 56.9 Å². The number of nitrogens with zero attached hydrogens (tertiary/aromatic N) is 19. The van der Waals surface area contributed by atoms with Gasteiger partial charge < -0.3 is 76.4 Å². The van der Waals surface area contributed by atoms with Gasteiger partial charge in [0.2, 0.25) is 29.5 Å². The zero-order valence-electron chi connectivity index (χ0n) is 76.7. The summed E-state index contributed by atoms with van der Waals surface area (Å²) in [7, 11) is 0. The lowest BCUT2D eigenvalue weighted by atomic mass is 9.97. The highest BCUT2D eigenvalue weighted by molar-refractivity contribution is 7.98. The van der Waals surface area contributed by atoms with Gasteiger partial charge >= 0.3 is 30.9 Å². The number of H-pyrrole nitrogens is 5. The number of thioether (sulfide) groups is 1. The molecular weight excluding hydrogens is 2070 g/mol. The molecule has 0 unspecified atom stereocenters. The molecule has 148 heavy (non-hydrogen) atoms. The van der Waals surface area contributed by atoms with Crippen LogP contribution in [0.2, 0.25) is 15.1 Å². The minimum Gasteiger partial charge on any atom is -0.358 e. The van der Waals surface area contributed by atoms with Crippen LogP contribution in [0.15, 0.2) is 154 Å². The number of alkyl halides is 16. The maximum absolute atomic E-state index is 14.5. The molecule has 15 aromatic heterocycles. The minimum atomic E-state index is -4.57. The summed E-state index contributed by atoms with van der Waals surface area (Å²) in [5, 5.41) is 17.3. The van der Waals surface area contributed by atoms with Crippen molar-refractivity contribution in [2.75, 3.05) is 89.3 Å². The van der Waals surface area contributed by atoms with Crippen molar-refractivity contribution in [3.05, 3.63) is 180 Å². The lowest BCUT2D eigenvalue weighted by molar-refractivity contribution is -0.141. The van der Waals surface area contributed by atoms with Crippen LogP contribution in [-0.2, 0) is 24.0 Å². The third-order valence-corrected chi connectivity index (χ3v) is 25.2. The molecule has 0 radical (unpaired) electrons. The van der Waals surface area contributed by atoms with E-state index in [-0.39, 0.29) is 59.7 Å². The lowest BCUT2D eigenvalue weighted by Gasteiger charge is -2.34. The Kier molecular flexibility index (Phi) is 31.5. The summed E-state index contributed by atoms with van der Waals surface area (Å²) in [6.07, 6.45) is 3.23. The Hall–Kier alpha value is -14.8. The molecular formula is C91H81Cl3F18N30O5S. The quantitative estimate of drug-likeness (QED) is 0.0265. The van der Waals surface area contributed by atoms with Crippen LogP contribution in [0.25, 0.3) is 112 Å². The molecule has 0 aromatic carbocycles. The first-order valence-electron chi connectivity index (χ1n) is 44.8. The van der Waals surface area contributed by atoms with Crippen molar-refractivity contribution in [2.45, 2.75) is 125 Å². The Morgan fingerprint density at radius 3 is 1.28 bits per heavy atom. The van der Waals surface area contributed by atoms with Gasteiger partial charge in [0.25, 0.3) is 0 Å². The first-order chi connectivity index (χ1) is 70.3. The molecule has 57 heteroatoms. The molecule has 35 nitrogen and oxygen atoms in total. The molecule has 5 aliphatic rings. The molecule has 20 rings (SSSR count). The molecule has 0 bridgehead atoms. The zero-order valence-corrected chi connectivity index (χ0v) is 79.8. The second-order valence-corrected chi connectivity index (χ2v) is 36.5. The maximum atomic E-state index is 14.5. The van der Waals surface area contributed by atoms with E-state index in [1.165, 1.54) is 76.5 Å². The van der Waals surface area contributed by atoms with E-state index in [9.17, 15) is 103 Å². The van der Waals surface area contributed by atoms with Gasteiger partial charge in [-0.3, -0.25) is 24.0 Å². The summed E-state index contributed by atoms with van der Waals surface area (Å²) in [5.74, 6) is -2.58. The number of nitrogens with one attached hydrogen (secondary N) is 11. The monoisotopic (exact) mass is 2150 g/mol. The van der Waals surface area contributed by atoms with Gasteiger partial charge in [0, 0.05) is 167 Å². The smallest absolute Gasteiger partial charge is 0.358 e. The second-order valence-electron chi connectivity index (χ2n) is 34.3. The highest BCUT2D eigenvalue weighted by Gasteiger charge is 2.56. The van der Waals surface area contributed by atoms with Crippen molar-refractivity contribution >= 4 is 160 Å². The van der Waals surface area contributed by atoms with Gasteiger partial charge in [-0.15, -0.1) is 0 Å². The fourth-order valence-corrected chi connectivity index (χ4v) is 18.3. The van der Waals surface area contributed by atoms with E-state index < -0.39 is 141 Å². The second kappa shape index (κ2) is 44.1. The summed E-state index contributed by atoms with van der Waals surface area (Å²) < 4.78 is 230. The van der Waals surface area contributed by atoms with Gasteiger partial charge in [-0.25, -0.2) is 87.9 Å². The summed E-state index contributed by atoms with van der Waals surface area (Å²) in [4.78, 5) is 146. The average Bonchev–Trinajstić information content (AvgIpc) is 1.57.